The van der Waals surface area contributed by atoms with E-state index in [1.54, 1.807) is 24.3 Å². The van der Waals surface area contributed by atoms with E-state index in [1.165, 1.54) is 0 Å². The second-order valence-corrected chi connectivity index (χ2v) is 4.06. The Balaban J connectivity index is 3.01. The Hall–Kier alpha value is -1.26. The van der Waals surface area contributed by atoms with Crippen molar-refractivity contribution < 1.29 is 14.6 Å². The maximum atomic E-state index is 9.16. The van der Waals surface area contributed by atoms with Crippen LogP contribution in [0, 0.1) is 0 Å². The number of ether oxygens (including phenoxy) is 2. The van der Waals surface area contributed by atoms with Gasteiger partial charge in [0.2, 0.25) is 0 Å². The van der Waals surface area contributed by atoms with Crippen molar-refractivity contribution in [3.05, 3.63) is 47.5 Å². The average Bonchev–Trinajstić information content (AvgIpc) is 2.36. The standard InChI is InChI=1S/C13H15BrO3/c1-3-5-16-11-7-10(9-15)8-12(13(11)14)17-6-4-2/h3-4,7-8,15H,1-2,5-6,9H2. The van der Waals surface area contributed by atoms with E-state index >= 15 is 0 Å². The number of rotatable bonds is 7. The highest BCUT2D eigenvalue weighted by Crippen LogP contribution is 2.36. The Morgan fingerprint density at radius 3 is 1.94 bits per heavy atom. The van der Waals surface area contributed by atoms with Crippen LogP contribution >= 0.6 is 15.9 Å². The summed E-state index contributed by atoms with van der Waals surface area (Å²) in [6, 6.07) is 3.52. The van der Waals surface area contributed by atoms with Crippen LogP contribution in [0.2, 0.25) is 0 Å². The van der Waals surface area contributed by atoms with E-state index in [2.05, 4.69) is 29.1 Å². The third kappa shape index (κ3) is 3.91. The summed E-state index contributed by atoms with van der Waals surface area (Å²) < 4.78 is 11.7. The third-order valence-corrected chi connectivity index (χ3v) is 2.74. The van der Waals surface area contributed by atoms with Gasteiger partial charge in [0.1, 0.15) is 29.2 Å². The third-order valence-electron chi connectivity index (χ3n) is 1.96. The lowest BCUT2D eigenvalue weighted by molar-refractivity contribution is 0.278. The smallest absolute Gasteiger partial charge is 0.138 e. The molecular formula is C13H15BrO3. The van der Waals surface area contributed by atoms with Gasteiger partial charge in [-0.3, -0.25) is 0 Å². The molecule has 0 bridgehead atoms. The van der Waals surface area contributed by atoms with Gasteiger partial charge in [-0.15, -0.1) is 0 Å². The van der Waals surface area contributed by atoms with E-state index < -0.39 is 0 Å². The predicted octanol–water partition coefficient (Wildman–Crippen LogP) is 3.07. The fourth-order valence-corrected chi connectivity index (χ4v) is 1.68. The zero-order valence-corrected chi connectivity index (χ0v) is 11.1. The molecule has 1 aromatic carbocycles. The van der Waals surface area contributed by atoms with Gasteiger partial charge in [-0.1, -0.05) is 25.3 Å². The SMILES string of the molecule is C=CCOc1cc(CO)cc(OCC=C)c1Br. The second kappa shape index (κ2) is 7.14. The predicted molar refractivity (Wildman–Crippen MR) is 71.4 cm³/mol. The minimum absolute atomic E-state index is 0.0673. The maximum Gasteiger partial charge on any atom is 0.138 e. The van der Waals surface area contributed by atoms with Crippen molar-refractivity contribution >= 4 is 15.9 Å². The first kappa shape index (κ1) is 13.8. The summed E-state index contributed by atoms with van der Waals surface area (Å²) in [5.41, 5.74) is 0.728. The second-order valence-electron chi connectivity index (χ2n) is 3.26. The summed E-state index contributed by atoms with van der Waals surface area (Å²) in [6.45, 7) is 7.90. The summed E-state index contributed by atoms with van der Waals surface area (Å²) in [6.07, 6.45) is 3.31. The van der Waals surface area contributed by atoms with Crippen LogP contribution in [-0.2, 0) is 6.61 Å². The van der Waals surface area contributed by atoms with Crippen LogP contribution in [0.25, 0.3) is 0 Å². The highest BCUT2D eigenvalue weighted by atomic mass is 79.9. The summed E-state index contributed by atoms with van der Waals surface area (Å²) in [7, 11) is 0. The molecule has 0 unspecified atom stereocenters. The van der Waals surface area contributed by atoms with Crippen molar-refractivity contribution in [3.8, 4) is 11.5 Å². The quantitative estimate of drug-likeness (QED) is 0.786. The van der Waals surface area contributed by atoms with Gasteiger partial charge >= 0.3 is 0 Å². The van der Waals surface area contributed by atoms with Crippen LogP contribution in [0.15, 0.2) is 41.9 Å². The number of aliphatic hydroxyl groups excluding tert-OH is 1. The van der Waals surface area contributed by atoms with Crippen molar-refractivity contribution in [2.75, 3.05) is 13.2 Å². The number of halogens is 1. The maximum absolute atomic E-state index is 9.16. The molecular weight excluding hydrogens is 284 g/mol. The van der Waals surface area contributed by atoms with E-state index in [0.29, 0.717) is 24.7 Å². The summed E-state index contributed by atoms with van der Waals surface area (Å²) >= 11 is 3.40. The first-order valence-corrected chi connectivity index (χ1v) is 5.93. The van der Waals surface area contributed by atoms with Crippen LogP contribution in [0.4, 0.5) is 0 Å². The molecule has 0 aliphatic heterocycles. The largest absolute Gasteiger partial charge is 0.488 e. The van der Waals surface area contributed by atoms with Crippen LogP contribution in [0.1, 0.15) is 5.56 Å². The van der Waals surface area contributed by atoms with E-state index in [9.17, 15) is 0 Å². The van der Waals surface area contributed by atoms with Gasteiger partial charge < -0.3 is 14.6 Å². The van der Waals surface area contributed by atoms with Gasteiger partial charge in [-0.2, -0.15) is 0 Å². The molecule has 0 aliphatic carbocycles. The number of benzene rings is 1. The van der Waals surface area contributed by atoms with Crippen molar-refractivity contribution in [3.63, 3.8) is 0 Å². The topological polar surface area (TPSA) is 38.7 Å². The first-order valence-electron chi connectivity index (χ1n) is 5.13. The molecule has 0 saturated carbocycles. The molecule has 1 rings (SSSR count). The zero-order chi connectivity index (χ0) is 12.7. The Kier molecular flexibility index (Phi) is 5.80. The summed E-state index contributed by atoms with van der Waals surface area (Å²) in [5.74, 6) is 1.24. The number of aliphatic hydroxyl groups is 1. The minimum atomic E-state index is -0.0673. The Morgan fingerprint density at radius 1 is 1.12 bits per heavy atom. The van der Waals surface area contributed by atoms with Crippen LogP contribution in [0.5, 0.6) is 11.5 Å². The lowest BCUT2D eigenvalue weighted by Crippen LogP contribution is -2.00. The first-order chi connectivity index (χ1) is 8.22. The molecule has 0 atom stereocenters. The van der Waals surface area contributed by atoms with Gasteiger partial charge in [-0.05, 0) is 33.6 Å². The van der Waals surface area contributed by atoms with E-state index in [1.807, 2.05) is 0 Å². The lowest BCUT2D eigenvalue weighted by Gasteiger charge is -2.13. The molecule has 4 heteroatoms. The summed E-state index contributed by atoms with van der Waals surface area (Å²) in [4.78, 5) is 0. The highest BCUT2D eigenvalue weighted by molar-refractivity contribution is 9.10. The van der Waals surface area contributed by atoms with Gasteiger partial charge in [0.15, 0.2) is 0 Å². The fourth-order valence-electron chi connectivity index (χ4n) is 1.23. The van der Waals surface area contributed by atoms with Crippen LogP contribution < -0.4 is 9.47 Å². The molecule has 17 heavy (non-hydrogen) atoms. The Labute approximate surface area is 109 Å². The van der Waals surface area contributed by atoms with E-state index in [0.717, 1.165) is 10.0 Å². The van der Waals surface area contributed by atoms with E-state index in [4.69, 9.17) is 14.6 Å². The van der Waals surface area contributed by atoms with E-state index in [-0.39, 0.29) is 6.61 Å². The molecule has 1 aromatic rings. The molecule has 0 saturated heterocycles. The fraction of sp³-hybridized carbons (Fsp3) is 0.231. The molecule has 3 nitrogen and oxygen atoms in total. The average molecular weight is 299 g/mol. The van der Waals surface area contributed by atoms with Gasteiger partial charge in [0, 0.05) is 0 Å². The number of hydrogen-bond acceptors (Lipinski definition) is 3. The molecule has 0 aliphatic rings. The molecule has 0 radical (unpaired) electrons. The normalized spacial score (nSPS) is 9.76. The molecule has 0 aromatic heterocycles. The van der Waals surface area contributed by atoms with Crippen molar-refractivity contribution in [2.24, 2.45) is 0 Å². The van der Waals surface area contributed by atoms with Crippen LogP contribution in [-0.4, -0.2) is 18.3 Å². The monoisotopic (exact) mass is 298 g/mol. The minimum Gasteiger partial charge on any atom is -0.488 e. The van der Waals surface area contributed by atoms with Crippen molar-refractivity contribution in [1.82, 2.24) is 0 Å². The lowest BCUT2D eigenvalue weighted by atomic mass is 10.2. The molecule has 0 fully saturated rings. The zero-order valence-electron chi connectivity index (χ0n) is 9.49. The van der Waals surface area contributed by atoms with Crippen molar-refractivity contribution in [1.29, 1.82) is 0 Å². The molecule has 92 valence electrons. The molecule has 1 N–H and O–H groups in total. The van der Waals surface area contributed by atoms with Gasteiger partial charge in [-0.25, -0.2) is 0 Å². The molecule has 0 amide bonds. The molecule has 0 spiro atoms. The Bertz CT molecular complexity index is 369. The molecule has 0 heterocycles. The number of hydrogen-bond donors (Lipinski definition) is 1. The van der Waals surface area contributed by atoms with Gasteiger partial charge in [0.25, 0.3) is 0 Å². The van der Waals surface area contributed by atoms with Gasteiger partial charge in [0.05, 0.1) is 6.61 Å². The summed E-state index contributed by atoms with van der Waals surface area (Å²) in [5, 5.41) is 9.16. The van der Waals surface area contributed by atoms with Crippen LogP contribution in [0.3, 0.4) is 0 Å². The van der Waals surface area contributed by atoms with Crippen molar-refractivity contribution in [2.45, 2.75) is 6.61 Å². The highest BCUT2D eigenvalue weighted by Gasteiger charge is 2.10. The Morgan fingerprint density at radius 2 is 1.59 bits per heavy atom.